The van der Waals surface area contributed by atoms with Gasteiger partial charge in [-0.2, -0.15) is 0 Å². The van der Waals surface area contributed by atoms with Crippen molar-refractivity contribution in [3.05, 3.63) is 53.6 Å². The van der Waals surface area contributed by atoms with Gasteiger partial charge < -0.3 is 10.6 Å². The lowest BCUT2D eigenvalue weighted by Gasteiger charge is -2.07. The van der Waals surface area contributed by atoms with Crippen molar-refractivity contribution < 1.29 is 0 Å². The second-order valence-corrected chi connectivity index (χ2v) is 4.90. The minimum absolute atomic E-state index is 0.729. The maximum atomic E-state index is 4.32. The van der Waals surface area contributed by atoms with Crippen LogP contribution in [0.5, 0.6) is 0 Å². The highest BCUT2D eigenvalue weighted by molar-refractivity contribution is 5.61. The van der Waals surface area contributed by atoms with Gasteiger partial charge in [-0.15, -0.1) is 10.2 Å². The van der Waals surface area contributed by atoms with Crippen LogP contribution in [0.2, 0.25) is 0 Å². The van der Waals surface area contributed by atoms with E-state index in [2.05, 4.69) is 44.0 Å². The third-order valence-electron chi connectivity index (χ3n) is 3.58. The standard InChI is InChI=1S/C14H14N6/c1-2-11-7-15-8-12(11)5-10(1)6-17-13-14-19-18-9-20(14)4-3-16-13/h1-5,9,15H,6-8H2,(H,16,17). The molecule has 1 aliphatic heterocycles. The van der Waals surface area contributed by atoms with Crippen LogP contribution in [0.4, 0.5) is 5.82 Å². The number of fused-ring (bicyclic) bond motifs is 2. The van der Waals surface area contributed by atoms with Crippen LogP contribution in [0.15, 0.2) is 36.9 Å². The van der Waals surface area contributed by atoms with Gasteiger partial charge in [0.2, 0.25) is 5.65 Å². The number of nitrogens with zero attached hydrogens (tertiary/aromatic N) is 4. The Bertz CT molecular complexity index is 763. The molecule has 20 heavy (non-hydrogen) atoms. The van der Waals surface area contributed by atoms with Crippen molar-refractivity contribution in [1.29, 1.82) is 0 Å². The molecular formula is C14H14N6. The molecule has 6 nitrogen and oxygen atoms in total. The first-order valence-electron chi connectivity index (χ1n) is 6.60. The van der Waals surface area contributed by atoms with Crippen LogP contribution in [0.1, 0.15) is 16.7 Å². The molecule has 2 aromatic heterocycles. The van der Waals surface area contributed by atoms with Crippen molar-refractivity contribution in [2.75, 3.05) is 5.32 Å². The molecule has 4 rings (SSSR count). The van der Waals surface area contributed by atoms with Crippen molar-refractivity contribution in [3.63, 3.8) is 0 Å². The summed E-state index contributed by atoms with van der Waals surface area (Å²) in [4.78, 5) is 4.32. The smallest absolute Gasteiger partial charge is 0.203 e. The van der Waals surface area contributed by atoms with E-state index >= 15 is 0 Å². The summed E-state index contributed by atoms with van der Waals surface area (Å²) < 4.78 is 1.85. The Morgan fingerprint density at radius 1 is 1.25 bits per heavy atom. The summed E-state index contributed by atoms with van der Waals surface area (Å²) in [7, 11) is 0. The summed E-state index contributed by atoms with van der Waals surface area (Å²) >= 11 is 0. The van der Waals surface area contributed by atoms with E-state index in [0.29, 0.717) is 0 Å². The second kappa shape index (κ2) is 4.57. The molecule has 3 aromatic rings. The zero-order valence-corrected chi connectivity index (χ0v) is 10.9. The Kier molecular flexibility index (Phi) is 2.60. The molecule has 100 valence electrons. The summed E-state index contributed by atoms with van der Waals surface area (Å²) in [6, 6.07) is 6.59. The molecule has 0 saturated carbocycles. The van der Waals surface area contributed by atoms with E-state index in [1.807, 2.05) is 10.6 Å². The van der Waals surface area contributed by atoms with Gasteiger partial charge in [0.05, 0.1) is 0 Å². The van der Waals surface area contributed by atoms with Crippen LogP contribution in [-0.2, 0) is 19.6 Å². The maximum Gasteiger partial charge on any atom is 0.203 e. The van der Waals surface area contributed by atoms with E-state index in [-0.39, 0.29) is 0 Å². The Labute approximate surface area is 115 Å². The van der Waals surface area contributed by atoms with Crippen molar-refractivity contribution in [1.82, 2.24) is 24.9 Å². The third kappa shape index (κ3) is 1.90. The molecule has 0 spiro atoms. The predicted molar refractivity (Wildman–Crippen MR) is 75.1 cm³/mol. The van der Waals surface area contributed by atoms with E-state index in [1.165, 1.54) is 16.7 Å². The highest BCUT2D eigenvalue weighted by Gasteiger charge is 2.10. The molecule has 6 heteroatoms. The maximum absolute atomic E-state index is 4.32. The molecule has 0 atom stereocenters. The molecule has 0 fully saturated rings. The van der Waals surface area contributed by atoms with E-state index < -0.39 is 0 Å². The molecular weight excluding hydrogens is 252 g/mol. The molecule has 3 heterocycles. The fourth-order valence-electron chi connectivity index (χ4n) is 2.53. The quantitative estimate of drug-likeness (QED) is 0.749. The normalized spacial score (nSPS) is 13.6. The zero-order chi connectivity index (χ0) is 13.4. The number of aromatic nitrogens is 4. The summed E-state index contributed by atoms with van der Waals surface area (Å²) in [6.07, 6.45) is 5.25. The monoisotopic (exact) mass is 266 g/mol. The lowest BCUT2D eigenvalue weighted by Crippen LogP contribution is -2.04. The Balaban J connectivity index is 1.57. The van der Waals surface area contributed by atoms with Crippen LogP contribution in [0.3, 0.4) is 0 Å². The van der Waals surface area contributed by atoms with E-state index in [9.17, 15) is 0 Å². The highest BCUT2D eigenvalue weighted by Crippen LogP contribution is 2.18. The number of hydrogen-bond donors (Lipinski definition) is 2. The van der Waals surface area contributed by atoms with Crippen LogP contribution in [0, 0.1) is 0 Å². The van der Waals surface area contributed by atoms with Gasteiger partial charge in [-0.25, -0.2) is 4.98 Å². The summed E-state index contributed by atoms with van der Waals surface area (Å²) in [6.45, 7) is 2.66. The summed E-state index contributed by atoms with van der Waals surface area (Å²) in [5, 5.41) is 14.6. The first-order chi connectivity index (χ1) is 9.90. The van der Waals surface area contributed by atoms with Crippen LogP contribution >= 0.6 is 0 Å². The van der Waals surface area contributed by atoms with E-state index in [4.69, 9.17) is 0 Å². The fourth-order valence-corrected chi connectivity index (χ4v) is 2.53. The summed E-state index contributed by atoms with van der Waals surface area (Å²) in [5.74, 6) is 0.753. The molecule has 0 bridgehead atoms. The topological polar surface area (TPSA) is 67.1 Å². The van der Waals surface area contributed by atoms with Gasteiger partial charge in [0, 0.05) is 32.0 Å². The van der Waals surface area contributed by atoms with Crippen LogP contribution in [0.25, 0.3) is 5.65 Å². The number of anilines is 1. The van der Waals surface area contributed by atoms with Gasteiger partial charge in [-0.3, -0.25) is 4.40 Å². The van der Waals surface area contributed by atoms with Crippen LogP contribution in [-0.4, -0.2) is 19.6 Å². The lowest BCUT2D eigenvalue weighted by atomic mass is 10.1. The van der Waals surface area contributed by atoms with Gasteiger partial charge in [0.15, 0.2) is 5.82 Å². The van der Waals surface area contributed by atoms with Crippen molar-refractivity contribution in [2.45, 2.75) is 19.6 Å². The Morgan fingerprint density at radius 2 is 2.20 bits per heavy atom. The average molecular weight is 266 g/mol. The second-order valence-electron chi connectivity index (χ2n) is 4.90. The molecule has 0 saturated heterocycles. The average Bonchev–Trinajstić information content (AvgIpc) is 3.13. The first-order valence-corrected chi connectivity index (χ1v) is 6.60. The third-order valence-corrected chi connectivity index (χ3v) is 3.58. The Hall–Kier alpha value is -2.47. The van der Waals surface area contributed by atoms with Gasteiger partial charge in [0.25, 0.3) is 0 Å². The van der Waals surface area contributed by atoms with Gasteiger partial charge >= 0.3 is 0 Å². The molecule has 0 unspecified atom stereocenters. The SMILES string of the molecule is c1cn2cnnc2c(NCc2ccc3c(c2)CNC3)n1. The van der Waals surface area contributed by atoms with Crippen LogP contribution < -0.4 is 10.6 Å². The molecule has 0 radical (unpaired) electrons. The molecule has 0 aliphatic carbocycles. The number of hydrogen-bond acceptors (Lipinski definition) is 5. The minimum Gasteiger partial charge on any atom is -0.363 e. The highest BCUT2D eigenvalue weighted by atomic mass is 15.2. The predicted octanol–water partition coefficient (Wildman–Crippen LogP) is 1.34. The van der Waals surface area contributed by atoms with Gasteiger partial charge in [-0.1, -0.05) is 18.2 Å². The number of benzene rings is 1. The first kappa shape index (κ1) is 11.4. The lowest BCUT2D eigenvalue weighted by molar-refractivity contribution is 0.764. The molecule has 1 aromatic carbocycles. The van der Waals surface area contributed by atoms with Crippen molar-refractivity contribution >= 4 is 11.5 Å². The Morgan fingerprint density at radius 3 is 3.20 bits per heavy atom. The van der Waals surface area contributed by atoms with Gasteiger partial charge in [-0.05, 0) is 16.7 Å². The summed E-state index contributed by atoms with van der Waals surface area (Å²) in [5.41, 5.74) is 4.77. The largest absolute Gasteiger partial charge is 0.363 e. The van der Waals surface area contributed by atoms with E-state index in [0.717, 1.165) is 31.1 Å². The van der Waals surface area contributed by atoms with Crippen molar-refractivity contribution in [3.8, 4) is 0 Å². The van der Waals surface area contributed by atoms with Crippen molar-refractivity contribution in [2.24, 2.45) is 0 Å². The molecule has 2 N–H and O–H groups in total. The molecule has 0 amide bonds. The van der Waals surface area contributed by atoms with E-state index in [1.54, 1.807) is 12.5 Å². The zero-order valence-electron chi connectivity index (χ0n) is 10.9. The van der Waals surface area contributed by atoms with Gasteiger partial charge in [0.1, 0.15) is 6.33 Å². The number of nitrogens with one attached hydrogen (secondary N) is 2. The minimum atomic E-state index is 0.729. The molecule has 1 aliphatic rings. The number of rotatable bonds is 3. The fraction of sp³-hybridized carbons (Fsp3) is 0.214.